The molecule has 12 heteroatoms. The molecule has 3 aliphatic rings. The average Bonchev–Trinajstić information content (AvgIpc) is 2.91. The van der Waals surface area contributed by atoms with Crippen LogP contribution in [0.5, 0.6) is 5.75 Å². The minimum Gasteiger partial charge on any atom is -0.485 e. The van der Waals surface area contributed by atoms with E-state index in [2.05, 4.69) is 31.2 Å². The lowest BCUT2D eigenvalue weighted by Crippen LogP contribution is -2.50. The molecule has 5 rings (SSSR count). The highest BCUT2D eigenvalue weighted by Crippen LogP contribution is 2.43. The smallest absolute Gasteiger partial charge is 0.410 e. The molecule has 0 bridgehead atoms. The summed E-state index contributed by atoms with van der Waals surface area (Å²) >= 11 is 3.64. The van der Waals surface area contributed by atoms with Crippen LogP contribution in [0.15, 0.2) is 22.9 Å². The number of sulfone groups is 1. The standard InChI is InChI=1S/C23H28BrN5O5S/c1-23(2,3)34-22(30)29-10-15(11-29)14-8-17(24)19-18(9-14)27-20-16(12-33-19)21(26-13-25-20)28-4-6-35(31,32)7-5-28/h8-9,13,15H,4-7,10-12H2,1-3H3,(H,25,26,27). The Balaban J connectivity index is 1.35. The topological polar surface area (TPSA) is 114 Å². The number of hydrogen-bond donors (Lipinski definition) is 1. The Bertz CT molecular complexity index is 1260. The molecule has 0 saturated carbocycles. The predicted molar refractivity (Wildman–Crippen MR) is 135 cm³/mol. The van der Waals surface area contributed by atoms with Gasteiger partial charge in [0.15, 0.2) is 15.6 Å². The molecular formula is C23H28BrN5O5S. The fourth-order valence-electron chi connectivity index (χ4n) is 4.37. The van der Waals surface area contributed by atoms with Crippen molar-refractivity contribution in [2.24, 2.45) is 0 Å². The first-order valence-corrected chi connectivity index (χ1v) is 14.1. The number of carbonyl (C=O) groups excluding carboxylic acids is 1. The third kappa shape index (κ3) is 5.04. The molecule has 0 unspecified atom stereocenters. The fourth-order valence-corrected chi connectivity index (χ4v) is 6.16. The van der Waals surface area contributed by atoms with Crippen LogP contribution in [0.4, 0.5) is 22.1 Å². The third-order valence-corrected chi connectivity index (χ3v) is 8.45. The number of likely N-dealkylation sites (tertiary alicyclic amines) is 1. The molecule has 0 spiro atoms. The molecule has 0 aliphatic carbocycles. The number of anilines is 3. The SMILES string of the molecule is CC(C)(C)OC(=O)N1CC(c2cc(Br)c3c(c2)Nc2ncnc(N4CCS(=O)(=O)CC4)c2CO3)C1. The number of nitrogens with one attached hydrogen (secondary N) is 1. The number of halogens is 1. The van der Waals surface area contributed by atoms with Gasteiger partial charge >= 0.3 is 6.09 Å². The lowest BCUT2D eigenvalue weighted by atomic mass is 9.91. The van der Waals surface area contributed by atoms with Gasteiger partial charge in [-0.1, -0.05) is 0 Å². The largest absolute Gasteiger partial charge is 0.485 e. The number of hydrogen-bond acceptors (Lipinski definition) is 9. The van der Waals surface area contributed by atoms with Gasteiger partial charge < -0.3 is 24.6 Å². The Morgan fingerprint density at radius 3 is 2.60 bits per heavy atom. The molecule has 0 atom stereocenters. The first-order valence-electron chi connectivity index (χ1n) is 11.5. The van der Waals surface area contributed by atoms with Crippen molar-refractivity contribution in [3.63, 3.8) is 0 Å². The van der Waals surface area contributed by atoms with Gasteiger partial charge in [0.25, 0.3) is 0 Å². The van der Waals surface area contributed by atoms with E-state index in [1.807, 2.05) is 37.8 Å². The second kappa shape index (κ2) is 8.81. The highest BCUT2D eigenvalue weighted by molar-refractivity contribution is 9.10. The van der Waals surface area contributed by atoms with E-state index in [1.54, 1.807) is 4.90 Å². The zero-order chi connectivity index (χ0) is 25.0. The zero-order valence-electron chi connectivity index (χ0n) is 19.9. The molecule has 2 fully saturated rings. The van der Waals surface area contributed by atoms with Gasteiger partial charge in [0.2, 0.25) is 0 Å². The quantitative estimate of drug-likeness (QED) is 0.584. The molecular weight excluding hydrogens is 538 g/mol. The molecule has 2 aromatic rings. The molecule has 3 aliphatic heterocycles. The summed E-state index contributed by atoms with van der Waals surface area (Å²) in [5.74, 6) is 2.39. The van der Waals surface area contributed by atoms with Gasteiger partial charge in [-0.3, -0.25) is 0 Å². The van der Waals surface area contributed by atoms with Crippen molar-refractivity contribution in [2.75, 3.05) is 47.9 Å². The van der Waals surface area contributed by atoms with Crippen molar-refractivity contribution in [3.8, 4) is 5.75 Å². The van der Waals surface area contributed by atoms with E-state index < -0.39 is 15.4 Å². The van der Waals surface area contributed by atoms with Crippen LogP contribution < -0.4 is 15.0 Å². The Hall–Kier alpha value is -2.60. The van der Waals surface area contributed by atoms with Gasteiger partial charge in [0, 0.05) is 32.1 Å². The van der Waals surface area contributed by atoms with Crippen molar-refractivity contribution in [2.45, 2.75) is 38.9 Å². The maximum Gasteiger partial charge on any atom is 0.410 e. The average molecular weight is 566 g/mol. The molecule has 1 N–H and O–H groups in total. The minimum atomic E-state index is -3.00. The van der Waals surface area contributed by atoms with Crippen LogP contribution in [-0.2, 0) is 21.2 Å². The number of benzene rings is 1. The first-order chi connectivity index (χ1) is 16.5. The highest BCUT2D eigenvalue weighted by Gasteiger charge is 2.36. The monoisotopic (exact) mass is 565 g/mol. The molecule has 4 heterocycles. The molecule has 188 valence electrons. The summed E-state index contributed by atoms with van der Waals surface area (Å²) in [7, 11) is -3.00. The van der Waals surface area contributed by atoms with Gasteiger partial charge in [0.05, 0.1) is 27.2 Å². The van der Waals surface area contributed by atoms with Crippen molar-refractivity contribution in [1.29, 1.82) is 0 Å². The second-order valence-corrected chi connectivity index (χ2v) is 13.2. The number of fused-ring (bicyclic) bond motifs is 2. The van der Waals surface area contributed by atoms with E-state index in [0.29, 0.717) is 43.6 Å². The number of rotatable bonds is 2. The molecule has 2 saturated heterocycles. The summed E-state index contributed by atoms with van der Waals surface area (Å²) in [6, 6.07) is 4.05. The van der Waals surface area contributed by atoms with Gasteiger partial charge in [-0.2, -0.15) is 0 Å². The Kier molecular flexibility index (Phi) is 6.07. The number of amides is 1. The minimum absolute atomic E-state index is 0.108. The zero-order valence-corrected chi connectivity index (χ0v) is 22.3. The van der Waals surface area contributed by atoms with Gasteiger partial charge in [-0.25, -0.2) is 23.2 Å². The number of nitrogens with zero attached hydrogens (tertiary/aromatic N) is 4. The van der Waals surface area contributed by atoms with Gasteiger partial charge in [-0.05, 0) is 54.4 Å². The molecule has 1 aromatic carbocycles. The molecule has 0 radical (unpaired) electrons. The molecule has 1 amide bonds. The summed E-state index contributed by atoms with van der Waals surface area (Å²) in [4.78, 5) is 24.9. The lowest BCUT2D eigenvalue weighted by molar-refractivity contribution is 0.00819. The number of aromatic nitrogens is 2. The maximum absolute atomic E-state index is 12.3. The van der Waals surface area contributed by atoms with Crippen LogP contribution >= 0.6 is 15.9 Å². The summed E-state index contributed by atoms with van der Waals surface area (Å²) in [5.41, 5.74) is 2.11. The van der Waals surface area contributed by atoms with Crippen LogP contribution in [0, 0.1) is 0 Å². The summed E-state index contributed by atoms with van der Waals surface area (Å²) < 4.78 is 36.2. The van der Waals surface area contributed by atoms with Crippen LogP contribution in [0.2, 0.25) is 0 Å². The Labute approximate surface area is 213 Å². The Morgan fingerprint density at radius 2 is 1.91 bits per heavy atom. The van der Waals surface area contributed by atoms with Crippen molar-refractivity contribution < 1.29 is 22.7 Å². The van der Waals surface area contributed by atoms with Crippen LogP contribution in [-0.4, -0.2) is 72.7 Å². The predicted octanol–water partition coefficient (Wildman–Crippen LogP) is 3.44. The third-order valence-electron chi connectivity index (χ3n) is 6.25. The van der Waals surface area contributed by atoms with Crippen LogP contribution in [0.1, 0.15) is 37.8 Å². The number of ether oxygens (including phenoxy) is 2. The molecule has 10 nitrogen and oxygen atoms in total. The summed E-state index contributed by atoms with van der Waals surface area (Å²) in [6.07, 6.45) is 1.19. The van der Waals surface area contributed by atoms with Crippen molar-refractivity contribution in [3.05, 3.63) is 34.1 Å². The van der Waals surface area contributed by atoms with E-state index in [0.717, 1.165) is 21.3 Å². The van der Waals surface area contributed by atoms with E-state index in [9.17, 15) is 13.2 Å². The molecule has 35 heavy (non-hydrogen) atoms. The Morgan fingerprint density at radius 1 is 1.20 bits per heavy atom. The van der Waals surface area contributed by atoms with Crippen LogP contribution in [0.3, 0.4) is 0 Å². The van der Waals surface area contributed by atoms with Gasteiger partial charge in [-0.15, -0.1) is 0 Å². The summed E-state index contributed by atoms with van der Waals surface area (Å²) in [6.45, 7) is 7.78. The second-order valence-electron chi connectivity index (χ2n) is 10.0. The number of carbonyl (C=O) groups is 1. The molecule has 1 aromatic heterocycles. The van der Waals surface area contributed by atoms with E-state index in [-0.39, 0.29) is 30.1 Å². The van der Waals surface area contributed by atoms with Crippen LogP contribution in [0.25, 0.3) is 0 Å². The van der Waals surface area contributed by atoms with Crippen molar-refractivity contribution in [1.82, 2.24) is 14.9 Å². The fraction of sp³-hybridized carbons (Fsp3) is 0.522. The highest BCUT2D eigenvalue weighted by atomic mass is 79.9. The van der Waals surface area contributed by atoms with Crippen molar-refractivity contribution >= 4 is 49.2 Å². The van der Waals surface area contributed by atoms with Gasteiger partial charge in [0.1, 0.15) is 30.2 Å². The van der Waals surface area contributed by atoms with E-state index >= 15 is 0 Å². The normalized spacial score (nSPS) is 19.4. The van der Waals surface area contributed by atoms with E-state index in [1.165, 1.54) is 6.33 Å². The first kappa shape index (κ1) is 24.1. The maximum atomic E-state index is 12.3. The summed E-state index contributed by atoms with van der Waals surface area (Å²) in [5, 5.41) is 3.39. The lowest BCUT2D eigenvalue weighted by Gasteiger charge is -2.40. The van der Waals surface area contributed by atoms with E-state index in [4.69, 9.17) is 9.47 Å².